The first-order valence-electron chi connectivity index (χ1n) is 15.5. The number of benzene rings is 6. The average Bonchev–Trinajstić information content (AvgIpc) is 3.65. The maximum Gasteiger partial charge on any atom is 0.125 e. The van der Waals surface area contributed by atoms with Crippen molar-refractivity contribution < 1.29 is 0 Å². The molecule has 0 spiro atoms. The zero-order chi connectivity index (χ0) is 29.6. The predicted octanol–water partition coefficient (Wildman–Crippen LogP) is 10.3. The molecule has 1 aromatic heterocycles. The van der Waals surface area contributed by atoms with E-state index in [0.29, 0.717) is 0 Å². The van der Waals surface area contributed by atoms with Gasteiger partial charge in [0.05, 0.1) is 22.4 Å². The lowest BCUT2D eigenvalue weighted by Crippen LogP contribution is -2.23. The van der Waals surface area contributed by atoms with E-state index in [0.717, 1.165) is 0 Å². The second kappa shape index (κ2) is 9.11. The van der Waals surface area contributed by atoms with Crippen LogP contribution in [0.15, 0.2) is 133 Å². The molecule has 1 atom stereocenters. The topological polar surface area (TPSA) is 20.2 Å². The minimum absolute atomic E-state index is 0.0294. The van der Waals surface area contributed by atoms with E-state index in [1.54, 1.807) is 0 Å². The smallest absolute Gasteiger partial charge is 0.125 e. The van der Waals surface area contributed by atoms with Crippen LogP contribution in [0.25, 0.3) is 49.7 Å². The lowest BCUT2D eigenvalue weighted by atomic mass is 9.82. The first-order chi connectivity index (χ1) is 21.5. The number of hydrogen-bond donors (Lipinski definition) is 1. The molecule has 2 heterocycles. The van der Waals surface area contributed by atoms with Crippen molar-refractivity contribution >= 4 is 33.2 Å². The Labute approximate surface area is 258 Å². The molecule has 0 bridgehead atoms. The summed E-state index contributed by atoms with van der Waals surface area (Å²) in [5.74, 6) is 0. The van der Waals surface area contributed by atoms with Gasteiger partial charge in [-0.25, -0.2) is 0 Å². The number of nitrogens with one attached hydrogen (secondary N) is 1. The molecule has 9 rings (SSSR count). The maximum atomic E-state index is 3.71. The second-order valence-electron chi connectivity index (χ2n) is 12.8. The normalized spacial score (nSPS) is 16.2. The first-order valence-corrected chi connectivity index (χ1v) is 15.5. The van der Waals surface area contributed by atoms with Gasteiger partial charge < -0.3 is 14.8 Å². The Bertz CT molecular complexity index is 2260. The number of hydrogen-bond acceptors (Lipinski definition) is 2. The van der Waals surface area contributed by atoms with Gasteiger partial charge in [0.15, 0.2) is 0 Å². The Morgan fingerprint density at radius 1 is 0.591 bits per heavy atom. The van der Waals surface area contributed by atoms with Gasteiger partial charge in [-0.1, -0.05) is 105 Å². The fourth-order valence-corrected chi connectivity index (χ4v) is 7.72. The van der Waals surface area contributed by atoms with Crippen LogP contribution >= 0.6 is 0 Å². The Hall–Kier alpha value is -5.28. The molecule has 3 heteroatoms. The third kappa shape index (κ3) is 3.50. The molecule has 3 nitrogen and oxygen atoms in total. The Morgan fingerprint density at radius 2 is 1.36 bits per heavy atom. The number of nitrogens with zero attached hydrogens (tertiary/aromatic N) is 2. The highest BCUT2D eigenvalue weighted by molar-refractivity contribution is 6.11. The number of aromatic nitrogens is 1. The summed E-state index contributed by atoms with van der Waals surface area (Å²) in [7, 11) is 2.17. The van der Waals surface area contributed by atoms with Gasteiger partial charge in [0.2, 0.25) is 0 Å². The molecular weight excluding hydrogens is 534 g/mol. The van der Waals surface area contributed by atoms with Crippen LogP contribution in [-0.2, 0) is 5.41 Å². The first kappa shape index (κ1) is 25.2. The van der Waals surface area contributed by atoms with Gasteiger partial charge in [-0.3, -0.25) is 0 Å². The third-order valence-corrected chi connectivity index (χ3v) is 9.99. The molecule has 0 fully saturated rings. The molecule has 44 heavy (non-hydrogen) atoms. The largest absolute Gasteiger partial charge is 0.360 e. The molecule has 2 aliphatic rings. The van der Waals surface area contributed by atoms with Crippen molar-refractivity contribution in [1.29, 1.82) is 0 Å². The highest BCUT2D eigenvalue weighted by Gasteiger charge is 2.36. The van der Waals surface area contributed by atoms with Gasteiger partial charge in [-0.2, -0.15) is 0 Å². The van der Waals surface area contributed by atoms with Crippen LogP contribution in [0.2, 0.25) is 0 Å². The van der Waals surface area contributed by atoms with Crippen molar-refractivity contribution in [2.45, 2.75) is 25.4 Å². The summed E-state index contributed by atoms with van der Waals surface area (Å²) in [5, 5.41) is 6.31. The van der Waals surface area contributed by atoms with Crippen molar-refractivity contribution in [3.05, 3.63) is 150 Å². The fraction of sp³-hybridized carbons (Fsp3) is 0.122. The van der Waals surface area contributed by atoms with Crippen LogP contribution in [0.4, 0.5) is 11.4 Å². The van der Waals surface area contributed by atoms with Gasteiger partial charge in [0, 0.05) is 28.9 Å². The third-order valence-electron chi connectivity index (χ3n) is 9.99. The van der Waals surface area contributed by atoms with E-state index >= 15 is 0 Å². The van der Waals surface area contributed by atoms with Gasteiger partial charge in [-0.05, 0) is 81.4 Å². The summed E-state index contributed by atoms with van der Waals surface area (Å²) in [4.78, 5) is 2.34. The molecule has 0 amide bonds. The average molecular weight is 568 g/mol. The molecule has 0 saturated heterocycles. The zero-order valence-electron chi connectivity index (χ0n) is 25.2. The van der Waals surface area contributed by atoms with E-state index in [-0.39, 0.29) is 11.6 Å². The Morgan fingerprint density at radius 3 is 2.25 bits per heavy atom. The van der Waals surface area contributed by atoms with Crippen LogP contribution in [0, 0.1) is 0 Å². The van der Waals surface area contributed by atoms with E-state index < -0.39 is 0 Å². The second-order valence-corrected chi connectivity index (χ2v) is 12.8. The summed E-state index contributed by atoms with van der Waals surface area (Å²) in [6, 6.07) is 49.1. The lowest BCUT2D eigenvalue weighted by Gasteiger charge is -2.22. The molecule has 1 aliphatic carbocycles. The number of fused-ring (bicyclic) bond motifs is 7. The maximum absolute atomic E-state index is 3.71. The standard InChI is InChI=1S/C41H33N3/c1-41(2)34-18-9-7-16-30(34)32-25-38-33(24-35(32)41)31-17-8-10-19-37(31)44(38)29-15-11-14-27(22-29)28-20-21-36-39(23-28)43(3)40(42-36)26-12-5-4-6-13-26/h4-25,40,42H,1-3H3. The summed E-state index contributed by atoms with van der Waals surface area (Å²) >= 11 is 0. The molecule has 1 N–H and O–H groups in total. The van der Waals surface area contributed by atoms with Crippen molar-refractivity contribution in [3.63, 3.8) is 0 Å². The molecule has 0 saturated carbocycles. The van der Waals surface area contributed by atoms with E-state index in [1.165, 1.54) is 77.8 Å². The Balaban J connectivity index is 1.19. The number of rotatable bonds is 3. The van der Waals surface area contributed by atoms with Crippen LogP contribution in [-0.4, -0.2) is 11.6 Å². The number of para-hydroxylation sites is 1. The monoisotopic (exact) mass is 567 g/mol. The van der Waals surface area contributed by atoms with Crippen molar-refractivity contribution in [3.8, 4) is 27.9 Å². The van der Waals surface area contributed by atoms with Crippen LogP contribution in [0.1, 0.15) is 36.7 Å². The SMILES string of the molecule is CN1c2cc(-c3cccc(-n4c5ccccc5c5cc6c(cc54)-c4ccccc4C6(C)C)c3)ccc2NC1c1ccccc1. The summed E-state index contributed by atoms with van der Waals surface area (Å²) in [6.07, 6.45) is 0.127. The molecule has 7 aromatic rings. The van der Waals surface area contributed by atoms with Gasteiger partial charge in [0.1, 0.15) is 6.17 Å². The van der Waals surface area contributed by atoms with Crippen molar-refractivity contribution in [1.82, 2.24) is 4.57 Å². The predicted molar refractivity (Wildman–Crippen MR) is 185 cm³/mol. The van der Waals surface area contributed by atoms with E-state index in [4.69, 9.17) is 0 Å². The Kier molecular flexibility index (Phi) is 5.23. The van der Waals surface area contributed by atoms with Crippen LogP contribution in [0.5, 0.6) is 0 Å². The van der Waals surface area contributed by atoms with Crippen LogP contribution < -0.4 is 10.2 Å². The van der Waals surface area contributed by atoms with Gasteiger partial charge in [0.25, 0.3) is 0 Å². The van der Waals surface area contributed by atoms with Crippen molar-refractivity contribution in [2.75, 3.05) is 17.3 Å². The van der Waals surface area contributed by atoms with Gasteiger partial charge >= 0.3 is 0 Å². The quantitative estimate of drug-likeness (QED) is 0.229. The van der Waals surface area contributed by atoms with E-state index in [1.807, 2.05) is 0 Å². The fourth-order valence-electron chi connectivity index (χ4n) is 7.72. The highest BCUT2D eigenvalue weighted by atomic mass is 15.3. The number of anilines is 2. The minimum Gasteiger partial charge on any atom is -0.360 e. The highest BCUT2D eigenvalue weighted by Crippen LogP contribution is 2.51. The summed E-state index contributed by atoms with van der Waals surface area (Å²) < 4.78 is 2.45. The van der Waals surface area contributed by atoms with E-state index in [9.17, 15) is 0 Å². The molecule has 1 aliphatic heterocycles. The molecule has 212 valence electrons. The molecule has 6 aromatic carbocycles. The van der Waals surface area contributed by atoms with E-state index in [2.05, 4.69) is 169 Å². The summed E-state index contributed by atoms with van der Waals surface area (Å²) in [6.45, 7) is 4.72. The van der Waals surface area contributed by atoms with Gasteiger partial charge in [-0.15, -0.1) is 0 Å². The zero-order valence-corrected chi connectivity index (χ0v) is 25.2. The molecule has 0 radical (unpaired) electrons. The minimum atomic E-state index is -0.0294. The summed E-state index contributed by atoms with van der Waals surface area (Å²) in [5.41, 5.74) is 15.2. The van der Waals surface area contributed by atoms with Crippen molar-refractivity contribution in [2.24, 2.45) is 0 Å². The molecular formula is C41H33N3. The molecule has 1 unspecified atom stereocenters. The lowest BCUT2D eigenvalue weighted by molar-refractivity contribution is 0.661. The van der Waals surface area contributed by atoms with Crippen LogP contribution in [0.3, 0.4) is 0 Å².